The average molecular weight is 348 g/mol. The average Bonchev–Trinajstić information content (AvgIpc) is 3.08. The summed E-state index contributed by atoms with van der Waals surface area (Å²) in [6, 6.07) is 0.289. The van der Waals surface area contributed by atoms with Crippen LogP contribution < -0.4 is 15.8 Å². The van der Waals surface area contributed by atoms with Gasteiger partial charge in [0.1, 0.15) is 12.4 Å². The summed E-state index contributed by atoms with van der Waals surface area (Å²) in [7, 11) is 0. The van der Waals surface area contributed by atoms with Crippen LogP contribution in [0.2, 0.25) is 0 Å². The minimum absolute atomic E-state index is 0.130. The van der Waals surface area contributed by atoms with E-state index >= 15 is 0 Å². The molecule has 8 heteroatoms. The van der Waals surface area contributed by atoms with Crippen LogP contribution in [0.25, 0.3) is 0 Å². The lowest BCUT2D eigenvalue weighted by molar-refractivity contribution is -0.134. The molecule has 0 spiro atoms. The fourth-order valence-corrected chi connectivity index (χ4v) is 4.29. The Bertz CT molecular complexity index is 648. The van der Waals surface area contributed by atoms with E-state index in [1.54, 1.807) is 6.92 Å². The highest BCUT2D eigenvalue weighted by Crippen LogP contribution is 2.31. The molecular weight excluding hydrogens is 323 g/mol. The van der Waals surface area contributed by atoms with Crippen LogP contribution in [-0.4, -0.2) is 59.0 Å². The molecule has 1 aromatic heterocycles. The van der Waals surface area contributed by atoms with Crippen molar-refractivity contribution in [2.45, 2.75) is 44.7 Å². The summed E-state index contributed by atoms with van der Waals surface area (Å²) < 4.78 is 14.2. The van der Waals surface area contributed by atoms with E-state index in [9.17, 15) is 9.18 Å². The predicted octanol–water partition coefficient (Wildman–Crippen LogP) is 0.608. The van der Waals surface area contributed by atoms with Crippen LogP contribution in [0.1, 0.15) is 31.4 Å². The zero-order valence-electron chi connectivity index (χ0n) is 14.5. The molecule has 1 amide bonds. The van der Waals surface area contributed by atoms with Gasteiger partial charge in [0.05, 0.1) is 5.69 Å². The monoisotopic (exact) mass is 348 g/mol. The van der Waals surface area contributed by atoms with Gasteiger partial charge in [-0.25, -0.2) is 19.8 Å². The highest BCUT2D eigenvalue weighted by atomic mass is 19.1. The van der Waals surface area contributed by atoms with Crippen molar-refractivity contribution in [3.8, 4) is 0 Å². The fraction of sp³-hybridized carbons (Fsp3) is 0.706. The summed E-state index contributed by atoms with van der Waals surface area (Å²) >= 11 is 0. The quantitative estimate of drug-likeness (QED) is 0.816. The standard InChI is InChI=1S/C17H25FN6O/c1-11-14(18)16(20-10-19-11)23-6-8-24(9-7-23)17(25)15-12-4-2-3-5-13(12)21-22-15/h10,12-13,15,21-22H,2-9H2,1H3. The number of anilines is 1. The largest absolute Gasteiger partial charge is 0.351 e. The third-order valence-electron chi connectivity index (χ3n) is 5.77. The molecule has 3 aliphatic rings. The van der Waals surface area contributed by atoms with Gasteiger partial charge in [0, 0.05) is 38.1 Å². The molecular formula is C17H25FN6O. The van der Waals surface area contributed by atoms with Crippen molar-refractivity contribution in [3.63, 3.8) is 0 Å². The molecule has 136 valence electrons. The van der Waals surface area contributed by atoms with E-state index in [0.717, 1.165) is 12.8 Å². The smallest absolute Gasteiger partial charge is 0.241 e. The summed E-state index contributed by atoms with van der Waals surface area (Å²) in [5.74, 6) is 0.531. The van der Waals surface area contributed by atoms with Gasteiger partial charge in [-0.05, 0) is 19.8 Å². The Labute approximate surface area is 147 Å². The molecule has 2 saturated heterocycles. The van der Waals surface area contributed by atoms with Crippen molar-refractivity contribution >= 4 is 11.7 Å². The van der Waals surface area contributed by atoms with Crippen LogP contribution in [0.3, 0.4) is 0 Å². The number of amides is 1. The lowest BCUT2D eigenvalue weighted by Gasteiger charge is -2.37. The Kier molecular flexibility index (Phi) is 4.56. The highest BCUT2D eigenvalue weighted by molar-refractivity contribution is 5.83. The number of piperazine rings is 1. The van der Waals surface area contributed by atoms with E-state index in [-0.39, 0.29) is 17.8 Å². The predicted molar refractivity (Wildman–Crippen MR) is 91.3 cm³/mol. The van der Waals surface area contributed by atoms with Gasteiger partial charge >= 0.3 is 0 Å². The molecule has 25 heavy (non-hydrogen) atoms. The minimum Gasteiger partial charge on any atom is -0.351 e. The van der Waals surface area contributed by atoms with Crippen molar-refractivity contribution in [1.82, 2.24) is 25.7 Å². The zero-order chi connectivity index (χ0) is 17.4. The number of rotatable bonds is 2. The second-order valence-electron chi connectivity index (χ2n) is 7.23. The van der Waals surface area contributed by atoms with Crippen molar-refractivity contribution in [2.24, 2.45) is 5.92 Å². The number of carbonyl (C=O) groups excluding carboxylic acids is 1. The zero-order valence-corrected chi connectivity index (χ0v) is 14.5. The molecule has 0 radical (unpaired) electrons. The Morgan fingerprint density at radius 2 is 1.92 bits per heavy atom. The lowest BCUT2D eigenvalue weighted by atomic mass is 9.81. The number of hydrazine groups is 1. The van der Waals surface area contributed by atoms with E-state index in [2.05, 4.69) is 20.8 Å². The van der Waals surface area contributed by atoms with Gasteiger partial charge in [-0.1, -0.05) is 12.8 Å². The SMILES string of the molecule is Cc1ncnc(N2CCN(C(=O)C3NNC4CCCCC43)CC2)c1F. The van der Waals surface area contributed by atoms with Crippen LogP contribution in [0.5, 0.6) is 0 Å². The normalized spacial score (nSPS) is 29.6. The molecule has 1 aliphatic carbocycles. The second-order valence-corrected chi connectivity index (χ2v) is 7.23. The van der Waals surface area contributed by atoms with Gasteiger partial charge in [0.15, 0.2) is 11.6 Å². The highest BCUT2D eigenvalue weighted by Gasteiger charge is 2.43. The number of nitrogens with zero attached hydrogens (tertiary/aromatic N) is 4. The van der Waals surface area contributed by atoms with Gasteiger partial charge in [-0.15, -0.1) is 0 Å². The first-order valence-corrected chi connectivity index (χ1v) is 9.17. The van der Waals surface area contributed by atoms with Crippen molar-refractivity contribution in [2.75, 3.05) is 31.1 Å². The third-order valence-corrected chi connectivity index (χ3v) is 5.77. The second kappa shape index (κ2) is 6.84. The van der Waals surface area contributed by atoms with Crippen molar-refractivity contribution < 1.29 is 9.18 Å². The number of halogens is 1. The van der Waals surface area contributed by atoms with Crippen molar-refractivity contribution in [1.29, 1.82) is 0 Å². The number of fused-ring (bicyclic) bond motifs is 1. The molecule has 3 heterocycles. The Morgan fingerprint density at radius 1 is 1.16 bits per heavy atom. The molecule has 0 bridgehead atoms. The molecule has 7 nitrogen and oxygen atoms in total. The molecule has 3 unspecified atom stereocenters. The molecule has 4 rings (SSSR count). The number of carbonyl (C=O) groups is 1. The fourth-order valence-electron chi connectivity index (χ4n) is 4.29. The maximum absolute atomic E-state index is 14.2. The van der Waals surface area contributed by atoms with E-state index < -0.39 is 0 Å². The van der Waals surface area contributed by atoms with Gasteiger partial charge in [0.25, 0.3) is 0 Å². The van der Waals surface area contributed by atoms with E-state index in [0.29, 0.717) is 49.7 Å². The third kappa shape index (κ3) is 3.08. The summed E-state index contributed by atoms with van der Waals surface area (Å²) in [5.41, 5.74) is 6.88. The molecule has 3 atom stereocenters. The Morgan fingerprint density at radius 3 is 2.72 bits per heavy atom. The Hall–Kier alpha value is -1.80. The van der Waals surface area contributed by atoms with E-state index in [1.165, 1.54) is 19.2 Å². The van der Waals surface area contributed by atoms with Crippen molar-refractivity contribution in [3.05, 3.63) is 17.8 Å². The van der Waals surface area contributed by atoms with E-state index in [1.807, 2.05) is 9.80 Å². The first-order chi connectivity index (χ1) is 12.1. The maximum Gasteiger partial charge on any atom is 0.241 e. The number of hydrogen-bond donors (Lipinski definition) is 2. The van der Waals surface area contributed by atoms with Gasteiger partial charge in [-0.2, -0.15) is 0 Å². The number of aryl methyl sites for hydroxylation is 1. The van der Waals surface area contributed by atoms with Crippen LogP contribution in [0, 0.1) is 18.7 Å². The van der Waals surface area contributed by atoms with Crippen LogP contribution in [0.4, 0.5) is 10.2 Å². The summed E-state index contributed by atoms with van der Waals surface area (Å²) in [6.07, 6.45) is 6.07. The summed E-state index contributed by atoms with van der Waals surface area (Å²) in [5, 5.41) is 0. The van der Waals surface area contributed by atoms with Gasteiger partial charge in [0.2, 0.25) is 5.91 Å². The molecule has 1 saturated carbocycles. The van der Waals surface area contributed by atoms with Crippen LogP contribution in [0.15, 0.2) is 6.33 Å². The van der Waals surface area contributed by atoms with Gasteiger partial charge in [-0.3, -0.25) is 10.2 Å². The molecule has 1 aromatic rings. The Balaban J connectivity index is 1.38. The summed E-state index contributed by atoms with van der Waals surface area (Å²) in [4.78, 5) is 24.7. The van der Waals surface area contributed by atoms with Crippen LogP contribution in [-0.2, 0) is 4.79 Å². The maximum atomic E-state index is 14.2. The number of aromatic nitrogens is 2. The topological polar surface area (TPSA) is 73.4 Å². The van der Waals surface area contributed by atoms with Gasteiger partial charge < -0.3 is 9.80 Å². The number of nitrogens with one attached hydrogen (secondary N) is 2. The molecule has 2 N–H and O–H groups in total. The molecule has 3 fully saturated rings. The number of hydrogen-bond acceptors (Lipinski definition) is 6. The molecule has 2 aliphatic heterocycles. The first kappa shape index (κ1) is 16.7. The lowest BCUT2D eigenvalue weighted by Crippen LogP contribution is -2.55. The minimum atomic E-state index is -0.367. The van der Waals surface area contributed by atoms with Crippen LogP contribution >= 0.6 is 0 Å². The first-order valence-electron chi connectivity index (χ1n) is 9.17. The summed E-state index contributed by atoms with van der Waals surface area (Å²) in [6.45, 7) is 4.01. The molecule has 0 aromatic carbocycles. The van der Waals surface area contributed by atoms with E-state index in [4.69, 9.17) is 0 Å².